The standard InChI is InChI=1S/C14H13BrO2/c1-16-13-7-11(8-14(9-13)17-2)10-4-3-5-12(15)6-10/h3-9H,1-2H3. The Bertz CT molecular complexity index is 501. The highest BCUT2D eigenvalue weighted by molar-refractivity contribution is 9.10. The van der Waals surface area contributed by atoms with Gasteiger partial charge in [-0.15, -0.1) is 0 Å². The number of hydrogen-bond acceptors (Lipinski definition) is 2. The van der Waals surface area contributed by atoms with Crippen molar-refractivity contribution in [3.05, 3.63) is 46.9 Å². The monoisotopic (exact) mass is 292 g/mol. The molecule has 88 valence electrons. The molecule has 0 fully saturated rings. The maximum Gasteiger partial charge on any atom is 0.123 e. The lowest BCUT2D eigenvalue weighted by atomic mass is 10.1. The van der Waals surface area contributed by atoms with E-state index in [0.29, 0.717) is 0 Å². The second-order valence-electron chi connectivity index (χ2n) is 3.61. The Morgan fingerprint density at radius 2 is 1.47 bits per heavy atom. The van der Waals surface area contributed by atoms with E-state index in [2.05, 4.69) is 28.1 Å². The number of ether oxygens (including phenoxy) is 2. The van der Waals surface area contributed by atoms with Gasteiger partial charge in [-0.1, -0.05) is 28.1 Å². The van der Waals surface area contributed by atoms with Crippen molar-refractivity contribution in [1.82, 2.24) is 0 Å². The Hall–Kier alpha value is -1.48. The highest BCUT2D eigenvalue weighted by atomic mass is 79.9. The predicted molar refractivity (Wildman–Crippen MR) is 72.7 cm³/mol. The van der Waals surface area contributed by atoms with Crippen LogP contribution in [0.1, 0.15) is 0 Å². The Balaban J connectivity index is 2.50. The lowest BCUT2D eigenvalue weighted by Crippen LogP contribution is -1.88. The minimum absolute atomic E-state index is 0.791. The zero-order valence-electron chi connectivity index (χ0n) is 9.74. The van der Waals surface area contributed by atoms with E-state index in [9.17, 15) is 0 Å². The van der Waals surface area contributed by atoms with Gasteiger partial charge in [-0.2, -0.15) is 0 Å². The van der Waals surface area contributed by atoms with Crippen LogP contribution in [0.3, 0.4) is 0 Å². The molecule has 0 bridgehead atoms. The highest BCUT2D eigenvalue weighted by Crippen LogP contribution is 2.30. The van der Waals surface area contributed by atoms with Crippen LogP contribution in [-0.4, -0.2) is 14.2 Å². The van der Waals surface area contributed by atoms with Crippen LogP contribution in [0.5, 0.6) is 11.5 Å². The minimum Gasteiger partial charge on any atom is -0.497 e. The zero-order valence-corrected chi connectivity index (χ0v) is 11.3. The Morgan fingerprint density at radius 1 is 0.824 bits per heavy atom. The molecule has 2 rings (SSSR count). The van der Waals surface area contributed by atoms with Crippen LogP contribution < -0.4 is 9.47 Å². The Kier molecular flexibility index (Phi) is 3.69. The van der Waals surface area contributed by atoms with E-state index in [1.54, 1.807) is 14.2 Å². The van der Waals surface area contributed by atoms with E-state index >= 15 is 0 Å². The second-order valence-corrected chi connectivity index (χ2v) is 4.53. The normalized spacial score (nSPS) is 10.1. The summed E-state index contributed by atoms with van der Waals surface area (Å²) in [6.45, 7) is 0. The van der Waals surface area contributed by atoms with Crippen molar-refractivity contribution >= 4 is 15.9 Å². The van der Waals surface area contributed by atoms with Crippen LogP contribution in [0.25, 0.3) is 11.1 Å². The van der Waals surface area contributed by atoms with E-state index in [4.69, 9.17) is 9.47 Å². The molecule has 0 radical (unpaired) electrons. The van der Waals surface area contributed by atoms with Crippen molar-refractivity contribution in [2.45, 2.75) is 0 Å². The van der Waals surface area contributed by atoms with E-state index in [0.717, 1.165) is 27.1 Å². The molecule has 0 N–H and O–H groups in total. The first kappa shape index (κ1) is 12.0. The fourth-order valence-corrected chi connectivity index (χ4v) is 2.04. The average Bonchev–Trinajstić information content (AvgIpc) is 2.38. The smallest absolute Gasteiger partial charge is 0.123 e. The van der Waals surface area contributed by atoms with Crippen molar-refractivity contribution in [2.75, 3.05) is 14.2 Å². The molecule has 17 heavy (non-hydrogen) atoms. The van der Waals surface area contributed by atoms with Crippen LogP contribution in [0.4, 0.5) is 0 Å². The molecular weight excluding hydrogens is 280 g/mol. The quantitative estimate of drug-likeness (QED) is 0.847. The first-order valence-corrected chi connectivity index (χ1v) is 6.01. The third-order valence-electron chi connectivity index (χ3n) is 2.51. The summed E-state index contributed by atoms with van der Waals surface area (Å²) < 4.78 is 11.6. The molecule has 3 heteroatoms. The lowest BCUT2D eigenvalue weighted by Gasteiger charge is -2.08. The summed E-state index contributed by atoms with van der Waals surface area (Å²) in [5.41, 5.74) is 2.19. The van der Waals surface area contributed by atoms with Crippen LogP contribution in [0, 0.1) is 0 Å². The van der Waals surface area contributed by atoms with Crippen LogP contribution >= 0.6 is 15.9 Å². The predicted octanol–water partition coefficient (Wildman–Crippen LogP) is 4.13. The van der Waals surface area contributed by atoms with Crippen molar-refractivity contribution in [2.24, 2.45) is 0 Å². The molecule has 0 unspecified atom stereocenters. The van der Waals surface area contributed by atoms with Gasteiger partial charge in [0.25, 0.3) is 0 Å². The van der Waals surface area contributed by atoms with Gasteiger partial charge >= 0.3 is 0 Å². The fraction of sp³-hybridized carbons (Fsp3) is 0.143. The summed E-state index contributed by atoms with van der Waals surface area (Å²) in [5, 5.41) is 0. The molecule has 0 amide bonds. The van der Waals surface area contributed by atoms with Gasteiger partial charge in [0.15, 0.2) is 0 Å². The van der Waals surface area contributed by atoms with E-state index in [-0.39, 0.29) is 0 Å². The second kappa shape index (κ2) is 5.23. The molecule has 0 aromatic heterocycles. The topological polar surface area (TPSA) is 18.5 Å². The Morgan fingerprint density at radius 3 is 2.00 bits per heavy atom. The number of hydrogen-bond donors (Lipinski definition) is 0. The molecule has 0 saturated heterocycles. The van der Waals surface area contributed by atoms with Crippen LogP contribution in [0.15, 0.2) is 46.9 Å². The van der Waals surface area contributed by atoms with Gasteiger partial charge in [0.05, 0.1) is 14.2 Å². The van der Waals surface area contributed by atoms with Crippen molar-refractivity contribution in [3.8, 4) is 22.6 Å². The van der Waals surface area contributed by atoms with Crippen molar-refractivity contribution in [1.29, 1.82) is 0 Å². The SMILES string of the molecule is COc1cc(OC)cc(-c2cccc(Br)c2)c1. The first-order chi connectivity index (χ1) is 8.22. The number of benzene rings is 2. The molecule has 0 heterocycles. The largest absolute Gasteiger partial charge is 0.497 e. The van der Waals surface area contributed by atoms with Crippen molar-refractivity contribution in [3.63, 3.8) is 0 Å². The maximum absolute atomic E-state index is 5.26. The zero-order chi connectivity index (χ0) is 12.3. The summed E-state index contributed by atoms with van der Waals surface area (Å²) in [6.07, 6.45) is 0. The third kappa shape index (κ3) is 2.80. The van der Waals surface area contributed by atoms with E-state index < -0.39 is 0 Å². The lowest BCUT2D eigenvalue weighted by molar-refractivity contribution is 0.394. The molecule has 0 atom stereocenters. The molecular formula is C14H13BrO2. The van der Waals surface area contributed by atoms with E-state index in [1.165, 1.54) is 0 Å². The van der Waals surface area contributed by atoms with Crippen LogP contribution in [-0.2, 0) is 0 Å². The summed E-state index contributed by atoms with van der Waals surface area (Å²) in [7, 11) is 3.30. The van der Waals surface area contributed by atoms with Gasteiger partial charge in [-0.25, -0.2) is 0 Å². The molecule has 0 aliphatic carbocycles. The van der Waals surface area contributed by atoms with Gasteiger partial charge in [0, 0.05) is 10.5 Å². The van der Waals surface area contributed by atoms with Gasteiger partial charge < -0.3 is 9.47 Å². The van der Waals surface area contributed by atoms with Crippen LogP contribution in [0.2, 0.25) is 0 Å². The molecule has 2 aromatic rings. The van der Waals surface area contributed by atoms with Gasteiger partial charge in [0.1, 0.15) is 11.5 Å². The highest BCUT2D eigenvalue weighted by Gasteiger charge is 2.04. The summed E-state index contributed by atoms with van der Waals surface area (Å²) >= 11 is 3.47. The third-order valence-corrected chi connectivity index (χ3v) is 3.00. The summed E-state index contributed by atoms with van der Waals surface area (Å²) in [4.78, 5) is 0. The van der Waals surface area contributed by atoms with Gasteiger partial charge in [0.2, 0.25) is 0 Å². The molecule has 0 aliphatic heterocycles. The summed E-state index contributed by atoms with van der Waals surface area (Å²) in [5.74, 6) is 1.58. The minimum atomic E-state index is 0.791. The Labute approximate surface area is 109 Å². The maximum atomic E-state index is 5.26. The number of methoxy groups -OCH3 is 2. The molecule has 0 saturated carbocycles. The first-order valence-electron chi connectivity index (χ1n) is 5.22. The van der Waals surface area contributed by atoms with Gasteiger partial charge in [-0.05, 0) is 35.4 Å². The molecule has 2 nitrogen and oxygen atoms in total. The summed E-state index contributed by atoms with van der Waals surface area (Å²) in [6, 6.07) is 14.0. The number of halogens is 1. The number of rotatable bonds is 3. The average molecular weight is 293 g/mol. The van der Waals surface area contributed by atoms with E-state index in [1.807, 2.05) is 30.3 Å². The van der Waals surface area contributed by atoms with Gasteiger partial charge in [-0.3, -0.25) is 0 Å². The molecule has 0 spiro atoms. The molecule has 2 aromatic carbocycles. The van der Waals surface area contributed by atoms with Crippen molar-refractivity contribution < 1.29 is 9.47 Å². The molecule has 0 aliphatic rings. The fourth-order valence-electron chi connectivity index (χ4n) is 1.64.